The molecule has 0 aliphatic carbocycles. The van der Waals surface area contributed by atoms with Crippen molar-refractivity contribution < 1.29 is 4.79 Å². The third kappa shape index (κ3) is 4.57. The monoisotopic (exact) mass is 468 g/mol. The first-order valence-corrected chi connectivity index (χ1v) is 11.7. The Hall–Kier alpha value is -4.27. The molecule has 0 aliphatic heterocycles. The van der Waals surface area contributed by atoms with E-state index in [1.807, 2.05) is 37.0 Å². The molecular weight excluding hydrogens is 440 g/mol. The summed E-state index contributed by atoms with van der Waals surface area (Å²) in [4.78, 5) is 17.4. The van der Waals surface area contributed by atoms with E-state index >= 15 is 0 Å². The summed E-state index contributed by atoms with van der Waals surface area (Å²) >= 11 is 0. The molecule has 9 heteroatoms. The summed E-state index contributed by atoms with van der Waals surface area (Å²) in [7, 11) is 0. The van der Waals surface area contributed by atoms with Crippen LogP contribution >= 0.6 is 0 Å². The molecule has 1 amide bonds. The van der Waals surface area contributed by atoms with Crippen molar-refractivity contribution in [3.8, 4) is 11.1 Å². The minimum absolute atomic E-state index is 0.0578. The number of hydrogen-bond donors (Lipinski definition) is 1. The van der Waals surface area contributed by atoms with Crippen LogP contribution in [0.3, 0.4) is 0 Å². The number of pyridine rings is 1. The molecule has 0 bridgehead atoms. The lowest BCUT2D eigenvalue weighted by Crippen LogP contribution is -2.19. The number of nitrogens with one attached hydrogen (secondary N) is 1. The number of fused-ring (bicyclic) bond motifs is 1. The smallest absolute Gasteiger partial charge is 0.246 e. The SMILES string of the molecule is CCn1cc(Cn2cc(NC(=O)Cn3nc(C)c4c(-c5ccc(C)cc5)ccnc43)cn2)c(C)n1. The predicted molar refractivity (Wildman–Crippen MR) is 135 cm³/mol. The quantitative estimate of drug-likeness (QED) is 0.388. The molecule has 0 saturated carbocycles. The highest BCUT2D eigenvalue weighted by Gasteiger charge is 2.16. The molecule has 4 heterocycles. The molecule has 0 saturated heterocycles. The minimum Gasteiger partial charge on any atom is -0.322 e. The molecule has 0 radical (unpaired) electrons. The molecule has 0 atom stereocenters. The summed E-state index contributed by atoms with van der Waals surface area (Å²) in [5.41, 5.74) is 7.61. The van der Waals surface area contributed by atoms with Crippen molar-refractivity contribution in [1.82, 2.24) is 34.3 Å². The first-order chi connectivity index (χ1) is 16.9. The second-order valence-corrected chi connectivity index (χ2v) is 8.74. The topological polar surface area (TPSA) is 95.5 Å². The van der Waals surface area contributed by atoms with Crippen molar-refractivity contribution >= 4 is 22.6 Å². The average Bonchev–Trinajstić information content (AvgIpc) is 3.52. The van der Waals surface area contributed by atoms with Crippen LogP contribution in [-0.4, -0.2) is 40.2 Å². The van der Waals surface area contributed by atoms with Gasteiger partial charge in [0, 0.05) is 36.1 Å². The van der Waals surface area contributed by atoms with E-state index < -0.39 is 0 Å². The zero-order valence-electron chi connectivity index (χ0n) is 20.4. The molecule has 0 spiro atoms. The third-order valence-electron chi connectivity index (χ3n) is 6.09. The van der Waals surface area contributed by atoms with Crippen molar-refractivity contribution in [2.45, 2.75) is 47.3 Å². The summed E-state index contributed by atoms with van der Waals surface area (Å²) < 4.78 is 5.36. The maximum absolute atomic E-state index is 12.8. The van der Waals surface area contributed by atoms with Gasteiger partial charge in [0.25, 0.3) is 0 Å². The molecule has 0 fully saturated rings. The molecule has 5 rings (SSSR count). The fourth-order valence-corrected chi connectivity index (χ4v) is 4.27. The summed E-state index contributed by atoms with van der Waals surface area (Å²) in [5.74, 6) is -0.188. The molecule has 0 unspecified atom stereocenters. The standard InChI is InChI=1S/C26H28N8O/c1-5-32-13-21(18(3)30-32)14-33-15-22(12-28-33)29-24(35)16-34-26-25(19(4)31-34)23(10-11-27-26)20-8-6-17(2)7-9-20/h6-13,15H,5,14,16H2,1-4H3,(H,29,35). The Morgan fingerprint density at radius 2 is 1.77 bits per heavy atom. The van der Waals surface area contributed by atoms with E-state index in [1.165, 1.54) is 5.56 Å². The lowest BCUT2D eigenvalue weighted by molar-refractivity contribution is -0.116. The van der Waals surface area contributed by atoms with Crippen molar-refractivity contribution in [1.29, 1.82) is 0 Å². The fourth-order valence-electron chi connectivity index (χ4n) is 4.27. The van der Waals surface area contributed by atoms with Gasteiger partial charge in [-0.1, -0.05) is 29.8 Å². The van der Waals surface area contributed by atoms with Crippen LogP contribution < -0.4 is 5.32 Å². The molecule has 0 aliphatic rings. The van der Waals surface area contributed by atoms with E-state index in [0.29, 0.717) is 17.9 Å². The van der Waals surface area contributed by atoms with Gasteiger partial charge < -0.3 is 5.32 Å². The highest BCUT2D eigenvalue weighted by Crippen LogP contribution is 2.30. The Balaban J connectivity index is 1.32. The van der Waals surface area contributed by atoms with E-state index in [1.54, 1.807) is 21.8 Å². The van der Waals surface area contributed by atoms with Gasteiger partial charge in [0.2, 0.25) is 5.91 Å². The molecule has 35 heavy (non-hydrogen) atoms. The number of anilines is 1. The van der Waals surface area contributed by atoms with Crippen LogP contribution in [0.2, 0.25) is 0 Å². The first-order valence-electron chi connectivity index (χ1n) is 11.7. The molecule has 5 aromatic rings. The van der Waals surface area contributed by atoms with E-state index in [9.17, 15) is 4.79 Å². The van der Waals surface area contributed by atoms with Crippen molar-refractivity contribution in [2.75, 3.05) is 5.32 Å². The van der Waals surface area contributed by atoms with Gasteiger partial charge in [0.05, 0.1) is 29.8 Å². The number of aromatic nitrogens is 7. The van der Waals surface area contributed by atoms with Crippen LogP contribution in [0.5, 0.6) is 0 Å². The largest absolute Gasteiger partial charge is 0.322 e. The number of carbonyl (C=O) groups is 1. The first kappa shape index (κ1) is 22.5. The predicted octanol–water partition coefficient (Wildman–Crippen LogP) is 4.12. The highest BCUT2D eigenvalue weighted by atomic mass is 16.2. The Kier molecular flexibility index (Phi) is 5.90. The summed E-state index contributed by atoms with van der Waals surface area (Å²) in [6.45, 7) is 9.54. The van der Waals surface area contributed by atoms with Crippen LogP contribution in [0.15, 0.2) is 55.1 Å². The van der Waals surface area contributed by atoms with Crippen LogP contribution in [-0.2, 0) is 24.4 Å². The summed E-state index contributed by atoms with van der Waals surface area (Å²) in [5, 5.41) is 17.4. The maximum Gasteiger partial charge on any atom is 0.246 e. The number of hydrogen-bond acceptors (Lipinski definition) is 5. The normalized spacial score (nSPS) is 11.3. The number of aryl methyl sites for hydroxylation is 4. The van der Waals surface area contributed by atoms with Gasteiger partial charge in [0.15, 0.2) is 5.65 Å². The second-order valence-electron chi connectivity index (χ2n) is 8.74. The van der Waals surface area contributed by atoms with E-state index in [2.05, 4.69) is 63.7 Å². The minimum atomic E-state index is -0.188. The van der Waals surface area contributed by atoms with E-state index in [4.69, 9.17) is 0 Å². The Labute approximate surface area is 203 Å². The second kappa shape index (κ2) is 9.17. The molecule has 9 nitrogen and oxygen atoms in total. The molecule has 4 aromatic heterocycles. The third-order valence-corrected chi connectivity index (χ3v) is 6.09. The number of benzene rings is 1. The van der Waals surface area contributed by atoms with Gasteiger partial charge in [-0.05, 0) is 44.9 Å². The zero-order valence-corrected chi connectivity index (χ0v) is 20.4. The number of carbonyl (C=O) groups excluding carboxylic acids is 1. The van der Waals surface area contributed by atoms with Gasteiger partial charge in [-0.2, -0.15) is 15.3 Å². The number of nitrogens with zero attached hydrogens (tertiary/aromatic N) is 7. The fraction of sp³-hybridized carbons (Fsp3) is 0.269. The Morgan fingerprint density at radius 1 is 0.971 bits per heavy atom. The van der Waals surface area contributed by atoms with Crippen LogP contribution in [0, 0.1) is 20.8 Å². The number of rotatable bonds is 7. The lowest BCUT2D eigenvalue weighted by Gasteiger charge is -2.06. The Morgan fingerprint density at radius 3 is 2.51 bits per heavy atom. The van der Waals surface area contributed by atoms with Gasteiger partial charge in [-0.15, -0.1) is 0 Å². The van der Waals surface area contributed by atoms with E-state index in [-0.39, 0.29) is 12.5 Å². The van der Waals surface area contributed by atoms with Gasteiger partial charge in [-0.25, -0.2) is 9.67 Å². The lowest BCUT2D eigenvalue weighted by atomic mass is 10.0. The Bertz CT molecular complexity index is 1510. The molecular formula is C26H28N8O. The summed E-state index contributed by atoms with van der Waals surface area (Å²) in [6, 6.07) is 10.4. The maximum atomic E-state index is 12.8. The van der Waals surface area contributed by atoms with Crippen LogP contribution in [0.4, 0.5) is 5.69 Å². The summed E-state index contributed by atoms with van der Waals surface area (Å²) in [6.07, 6.45) is 7.26. The molecule has 1 N–H and O–H groups in total. The van der Waals surface area contributed by atoms with Crippen LogP contribution in [0.25, 0.3) is 22.2 Å². The van der Waals surface area contributed by atoms with Crippen molar-refractivity contribution in [3.63, 3.8) is 0 Å². The van der Waals surface area contributed by atoms with Gasteiger partial charge in [-0.3, -0.25) is 14.2 Å². The van der Waals surface area contributed by atoms with Crippen molar-refractivity contribution in [3.05, 3.63) is 77.6 Å². The zero-order chi connectivity index (χ0) is 24.5. The van der Waals surface area contributed by atoms with Gasteiger partial charge >= 0.3 is 0 Å². The van der Waals surface area contributed by atoms with Gasteiger partial charge in [0.1, 0.15) is 6.54 Å². The highest BCUT2D eigenvalue weighted by molar-refractivity contribution is 5.96. The average molecular weight is 469 g/mol. The molecule has 178 valence electrons. The molecule has 1 aromatic carbocycles. The van der Waals surface area contributed by atoms with E-state index in [0.717, 1.165) is 40.0 Å². The van der Waals surface area contributed by atoms with Crippen LogP contribution in [0.1, 0.15) is 29.4 Å². The van der Waals surface area contributed by atoms with Crippen molar-refractivity contribution in [2.24, 2.45) is 0 Å². The number of amides is 1.